The molecule has 0 N–H and O–H groups in total. The van der Waals surface area contributed by atoms with Crippen molar-refractivity contribution in [1.29, 1.82) is 0 Å². The van der Waals surface area contributed by atoms with Crippen molar-refractivity contribution in [3.63, 3.8) is 0 Å². The van der Waals surface area contributed by atoms with Gasteiger partial charge in [0.25, 0.3) is 5.69 Å². The third-order valence-corrected chi connectivity index (χ3v) is 5.29. The summed E-state index contributed by atoms with van der Waals surface area (Å²) < 4.78 is 1.91. The summed E-state index contributed by atoms with van der Waals surface area (Å²) in [5, 5.41) is 20.3. The van der Waals surface area contributed by atoms with Crippen LogP contribution in [0.2, 0.25) is 0 Å². The Kier molecular flexibility index (Phi) is 5.48. The van der Waals surface area contributed by atoms with Crippen LogP contribution in [0.4, 0.5) is 5.69 Å². The second-order valence-corrected chi connectivity index (χ2v) is 6.88. The van der Waals surface area contributed by atoms with Crippen LogP contribution in [0, 0.1) is 10.1 Å². The molecule has 132 valence electrons. The zero-order valence-electron chi connectivity index (χ0n) is 14.3. The number of hydrogen-bond donors (Lipinski definition) is 0. The van der Waals surface area contributed by atoms with Crippen LogP contribution in [-0.4, -0.2) is 19.7 Å². The number of thioether (sulfide) groups is 1. The van der Waals surface area contributed by atoms with Gasteiger partial charge in [-0.3, -0.25) is 10.1 Å². The normalized spacial score (nSPS) is 11.9. The van der Waals surface area contributed by atoms with Gasteiger partial charge in [-0.25, -0.2) is 0 Å². The molecule has 1 atom stereocenters. The highest BCUT2D eigenvalue weighted by Gasteiger charge is 2.18. The quantitative estimate of drug-likeness (QED) is 0.260. The van der Waals surface area contributed by atoms with Crippen LogP contribution in [0.3, 0.4) is 0 Å². The van der Waals surface area contributed by atoms with Crippen molar-refractivity contribution < 1.29 is 4.92 Å². The summed E-state index contributed by atoms with van der Waals surface area (Å²) in [7, 11) is 1.90. The molecule has 0 radical (unpaired) electrons. The number of rotatable bonds is 7. The molecule has 0 aliphatic heterocycles. The van der Waals surface area contributed by atoms with Gasteiger partial charge in [0.2, 0.25) is 0 Å². The maximum absolute atomic E-state index is 10.8. The van der Waals surface area contributed by atoms with E-state index in [0.717, 1.165) is 17.1 Å². The Morgan fingerprint density at radius 3 is 2.50 bits per heavy atom. The van der Waals surface area contributed by atoms with E-state index in [1.54, 1.807) is 23.9 Å². The van der Waals surface area contributed by atoms with Crippen molar-refractivity contribution in [3.05, 3.63) is 82.9 Å². The summed E-state index contributed by atoms with van der Waals surface area (Å²) in [6.45, 7) is 3.85. The summed E-state index contributed by atoms with van der Waals surface area (Å²) in [6.07, 6.45) is 2.71. The SMILES string of the molecule is C=CCC(Sc1nnc(-c2ccc([N+](=O)[O-])cc2)n1C)c1ccccc1. The summed E-state index contributed by atoms with van der Waals surface area (Å²) in [5.41, 5.74) is 2.05. The predicted molar refractivity (Wildman–Crippen MR) is 103 cm³/mol. The van der Waals surface area contributed by atoms with Gasteiger partial charge >= 0.3 is 0 Å². The average Bonchev–Trinajstić information content (AvgIpc) is 3.02. The molecule has 6 nitrogen and oxygen atoms in total. The number of non-ortho nitro benzene ring substituents is 1. The molecule has 0 spiro atoms. The van der Waals surface area contributed by atoms with Gasteiger partial charge in [-0.1, -0.05) is 48.2 Å². The van der Waals surface area contributed by atoms with E-state index in [1.807, 2.05) is 35.9 Å². The maximum Gasteiger partial charge on any atom is 0.269 e. The Morgan fingerprint density at radius 1 is 1.19 bits per heavy atom. The van der Waals surface area contributed by atoms with Gasteiger partial charge in [0.1, 0.15) is 0 Å². The van der Waals surface area contributed by atoms with Crippen molar-refractivity contribution in [3.8, 4) is 11.4 Å². The molecule has 0 amide bonds. The van der Waals surface area contributed by atoms with E-state index in [0.29, 0.717) is 5.82 Å². The first-order chi connectivity index (χ1) is 12.6. The molecule has 0 aliphatic rings. The largest absolute Gasteiger partial charge is 0.305 e. The molecule has 0 bridgehead atoms. The van der Waals surface area contributed by atoms with Crippen LogP contribution in [0.5, 0.6) is 0 Å². The van der Waals surface area contributed by atoms with E-state index in [2.05, 4.69) is 28.9 Å². The highest BCUT2D eigenvalue weighted by atomic mass is 32.2. The molecule has 2 aromatic carbocycles. The Balaban J connectivity index is 1.86. The van der Waals surface area contributed by atoms with Crippen molar-refractivity contribution in [2.45, 2.75) is 16.8 Å². The molecule has 0 saturated heterocycles. The lowest BCUT2D eigenvalue weighted by Gasteiger charge is -2.14. The molecule has 1 aromatic heterocycles. The molecule has 3 aromatic rings. The van der Waals surface area contributed by atoms with E-state index >= 15 is 0 Å². The minimum Gasteiger partial charge on any atom is -0.305 e. The van der Waals surface area contributed by atoms with Gasteiger partial charge in [-0.2, -0.15) is 0 Å². The summed E-state index contributed by atoms with van der Waals surface area (Å²) in [5.74, 6) is 0.674. The lowest BCUT2D eigenvalue weighted by Crippen LogP contribution is -1.98. The fourth-order valence-corrected chi connectivity index (χ4v) is 3.71. The molecule has 0 fully saturated rings. The minimum absolute atomic E-state index is 0.0561. The number of nitro benzene ring substituents is 1. The standard InChI is InChI=1S/C19H18N4O2S/c1-3-7-17(14-8-5-4-6-9-14)26-19-21-20-18(22(19)2)15-10-12-16(13-11-15)23(24)25/h3-6,8-13,17H,1,7H2,2H3. The van der Waals surface area contributed by atoms with Crippen molar-refractivity contribution in [1.82, 2.24) is 14.8 Å². The van der Waals surface area contributed by atoms with E-state index in [-0.39, 0.29) is 10.9 Å². The van der Waals surface area contributed by atoms with Crippen LogP contribution < -0.4 is 0 Å². The first-order valence-corrected chi connectivity index (χ1v) is 8.95. The molecular formula is C19H18N4O2S. The van der Waals surface area contributed by atoms with Crippen LogP contribution in [0.25, 0.3) is 11.4 Å². The smallest absolute Gasteiger partial charge is 0.269 e. The van der Waals surface area contributed by atoms with Crippen molar-refractivity contribution in [2.75, 3.05) is 0 Å². The molecule has 1 unspecified atom stereocenters. The predicted octanol–water partition coefficient (Wildman–Crippen LogP) is 4.80. The number of hydrogen-bond acceptors (Lipinski definition) is 5. The second kappa shape index (κ2) is 7.97. The third-order valence-electron chi connectivity index (χ3n) is 3.97. The van der Waals surface area contributed by atoms with E-state index in [4.69, 9.17) is 0 Å². The second-order valence-electron chi connectivity index (χ2n) is 5.71. The summed E-state index contributed by atoms with van der Waals surface area (Å²) >= 11 is 1.63. The lowest BCUT2D eigenvalue weighted by atomic mass is 10.1. The highest BCUT2D eigenvalue weighted by Crippen LogP contribution is 2.37. The van der Waals surface area contributed by atoms with E-state index in [9.17, 15) is 10.1 Å². The topological polar surface area (TPSA) is 73.8 Å². The fraction of sp³-hybridized carbons (Fsp3) is 0.158. The first-order valence-electron chi connectivity index (χ1n) is 8.07. The number of benzene rings is 2. The Hall–Kier alpha value is -2.93. The van der Waals surface area contributed by atoms with Gasteiger partial charge in [0.15, 0.2) is 11.0 Å². The molecule has 7 heteroatoms. The fourth-order valence-electron chi connectivity index (χ4n) is 2.60. The number of nitrogens with zero attached hydrogens (tertiary/aromatic N) is 4. The summed E-state index contributed by atoms with van der Waals surface area (Å²) in [6, 6.07) is 16.5. The molecular weight excluding hydrogens is 348 g/mol. The highest BCUT2D eigenvalue weighted by molar-refractivity contribution is 7.99. The third kappa shape index (κ3) is 3.83. The van der Waals surface area contributed by atoms with E-state index in [1.165, 1.54) is 17.7 Å². The molecule has 26 heavy (non-hydrogen) atoms. The van der Waals surface area contributed by atoms with Gasteiger partial charge in [0.05, 0.1) is 4.92 Å². The van der Waals surface area contributed by atoms with Crippen molar-refractivity contribution >= 4 is 17.4 Å². The van der Waals surface area contributed by atoms with Gasteiger partial charge in [0, 0.05) is 30.0 Å². The molecule has 0 saturated carbocycles. The molecule has 3 rings (SSSR count). The minimum atomic E-state index is -0.415. The van der Waals surface area contributed by atoms with E-state index < -0.39 is 4.92 Å². The zero-order chi connectivity index (χ0) is 18.5. The average molecular weight is 366 g/mol. The maximum atomic E-state index is 10.8. The Morgan fingerprint density at radius 2 is 1.88 bits per heavy atom. The number of nitro groups is 1. The van der Waals surface area contributed by atoms with Gasteiger partial charge in [-0.05, 0) is 24.1 Å². The zero-order valence-corrected chi connectivity index (χ0v) is 15.1. The lowest BCUT2D eigenvalue weighted by molar-refractivity contribution is -0.384. The first kappa shape index (κ1) is 17.9. The van der Waals surface area contributed by atoms with Crippen LogP contribution in [0.15, 0.2) is 72.4 Å². The molecule has 1 heterocycles. The Labute approximate surface area is 155 Å². The van der Waals surface area contributed by atoms with Gasteiger partial charge in [-0.15, -0.1) is 16.8 Å². The summed E-state index contributed by atoms with van der Waals surface area (Å²) in [4.78, 5) is 10.4. The monoisotopic (exact) mass is 366 g/mol. The van der Waals surface area contributed by atoms with Crippen LogP contribution in [0.1, 0.15) is 17.2 Å². The van der Waals surface area contributed by atoms with Crippen LogP contribution >= 0.6 is 11.8 Å². The van der Waals surface area contributed by atoms with Gasteiger partial charge < -0.3 is 4.57 Å². The number of allylic oxidation sites excluding steroid dienone is 1. The van der Waals surface area contributed by atoms with Crippen LogP contribution in [-0.2, 0) is 7.05 Å². The Bertz CT molecular complexity index is 907. The molecule has 0 aliphatic carbocycles. The number of aromatic nitrogens is 3. The van der Waals surface area contributed by atoms with Crippen molar-refractivity contribution in [2.24, 2.45) is 7.05 Å².